The zero-order chi connectivity index (χ0) is 30.6. The number of morpholine rings is 1. The summed E-state index contributed by atoms with van der Waals surface area (Å²) in [5.41, 5.74) is 7.31. The number of hydrogen-bond donors (Lipinski definition) is 3. The molecule has 0 spiro atoms. The lowest BCUT2D eigenvalue weighted by molar-refractivity contribution is 0.0187. The third kappa shape index (κ3) is 7.76. The molecule has 1 unspecified atom stereocenters. The van der Waals surface area contributed by atoms with E-state index in [9.17, 15) is 9.59 Å². The Morgan fingerprint density at radius 2 is 1.88 bits per heavy atom. The summed E-state index contributed by atoms with van der Waals surface area (Å²) in [5.74, 6) is 0.635. The molecule has 1 saturated heterocycles. The van der Waals surface area contributed by atoms with Crippen molar-refractivity contribution >= 4 is 11.8 Å². The van der Waals surface area contributed by atoms with E-state index in [1.165, 1.54) is 12.8 Å². The summed E-state index contributed by atoms with van der Waals surface area (Å²) in [4.78, 5) is 28.2. The number of nitrogens with one attached hydrogen (secondary N) is 3. The first-order chi connectivity index (χ1) is 20.3. The molecule has 1 aliphatic heterocycles. The van der Waals surface area contributed by atoms with Crippen LogP contribution in [0.5, 0.6) is 5.75 Å². The van der Waals surface area contributed by atoms with E-state index >= 15 is 0 Å². The highest BCUT2D eigenvalue weighted by molar-refractivity contribution is 5.86. The number of unbranched alkanes of at least 4 members (excludes halogenated alkanes) is 1. The molecule has 0 saturated carbocycles. The van der Waals surface area contributed by atoms with E-state index in [1.54, 1.807) is 20.4 Å². The van der Waals surface area contributed by atoms with Crippen LogP contribution in [0.2, 0.25) is 0 Å². The molecule has 4 aromatic heterocycles. The zero-order valence-electron chi connectivity index (χ0n) is 26.0. The normalized spacial score (nSPS) is 14.0. The number of carbonyl (C=O) groups excluding carboxylic acids is 1. The zero-order valence-corrected chi connectivity index (χ0v) is 26.0. The fraction of sp³-hybridized carbons (Fsp3) is 0.469. The van der Waals surface area contributed by atoms with Gasteiger partial charge in [-0.3, -0.25) is 19.6 Å². The summed E-state index contributed by atoms with van der Waals surface area (Å²) in [6.07, 6.45) is 7.42. The first-order valence-electron chi connectivity index (χ1n) is 14.6. The Balaban J connectivity index is 0.000000239. The fourth-order valence-electron chi connectivity index (χ4n) is 5.01. The smallest absolute Gasteiger partial charge is 0.256 e. The van der Waals surface area contributed by atoms with Crippen LogP contribution in [0.4, 0.5) is 0 Å². The second-order valence-electron chi connectivity index (χ2n) is 10.4. The lowest BCUT2D eigenvalue weighted by Crippen LogP contribution is -2.38. The Labute approximate surface area is 248 Å². The van der Waals surface area contributed by atoms with Crippen molar-refractivity contribution in [2.45, 2.75) is 60.0 Å². The molecule has 5 heterocycles. The molecular formula is C32H46N6O4. The van der Waals surface area contributed by atoms with Gasteiger partial charge in [0.15, 0.2) is 0 Å². The van der Waals surface area contributed by atoms with Crippen LogP contribution in [-0.4, -0.2) is 71.2 Å². The number of rotatable bonds is 8. The predicted molar refractivity (Wildman–Crippen MR) is 168 cm³/mol. The number of aldehydes is 1. The van der Waals surface area contributed by atoms with Crippen molar-refractivity contribution in [2.75, 3.05) is 40.5 Å². The van der Waals surface area contributed by atoms with Crippen LogP contribution < -0.4 is 15.6 Å². The molecule has 10 heteroatoms. The largest absolute Gasteiger partial charge is 0.496 e. The van der Waals surface area contributed by atoms with Crippen molar-refractivity contribution in [3.05, 3.63) is 75.1 Å². The van der Waals surface area contributed by atoms with Gasteiger partial charge in [-0.1, -0.05) is 26.7 Å². The van der Waals surface area contributed by atoms with Crippen molar-refractivity contribution < 1.29 is 14.3 Å². The number of aryl methyl sites for hydroxylation is 1. The Kier molecular flexibility index (Phi) is 12.5. The minimum Gasteiger partial charge on any atom is -0.496 e. The summed E-state index contributed by atoms with van der Waals surface area (Å²) in [6.45, 7) is 14.3. The summed E-state index contributed by atoms with van der Waals surface area (Å²) < 4.78 is 12.8. The number of ether oxygens (including phenoxy) is 2. The summed E-state index contributed by atoms with van der Waals surface area (Å²) in [5, 5.41) is 9.99. The van der Waals surface area contributed by atoms with Gasteiger partial charge < -0.3 is 24.2 Å². The van der Waals surface area contributed by atoms with Gasteiger partial charge >= 0.3 is 0 Å². The molecule has 0 aliphatic carbocycles. The van der Waals surface area contributed by atoms with E-state index in [1.807, 2.05) is 32.0 Å². The maximum atomic E-state index is 11.7. The first kappa shape index (κ1) is 32.8. The van der Waals surface area contributed by atoms with Gasteiger partial charge in [0.25, 0.3) is 5.56 Å². The number of H-pyrrole nitrogens is 2. The molecule has 0 bridgehead atoms. The molecule has 0 amide bonds. The number of aromatic amines is 2. The number of nitrogens with zero attached hydrogens (tertiary/aromatic N) is 3. The molecule has 1 aliphatic rings. The van der Waals surface area contributed by atoms with Gasteiger partial charge in [0.1, 0.15) is 12.0 Å². The molecule has 5 rings (SSSR count). The van der Waals surface area contributed by atoms with Crippen molar-refractivity contribution in [1.82, 2.24) is 29.8 Å². The molecule has 4 aromatic rings. The molecule has 1 fully saturated rings. The molecule has 10 nitrogen and oxygen atoms in total. The minimum absolute atomic E-state index is 0.0915. The standard InChI is InChI=1S/C19H22N4O2.C9H14N2O2.C4H10/c1-13-15(12-24)11-18-16(17-3-5-20-21-17)4-6-23(18)19(13)14(2)22-7-9-25-10-8-22;1-6-4-8(13-3)7(5-10-2)9(12)11-6;1-3-4-2/h3-6,11-12,14H,7-10H2,1-2H3,(H,20,21);4,10H,5H2,1-3H3,(H,11,12);3-4H2,1-2H3. The van der Waals surface area contributed by atoms with Crippen LogP contribution in [0.3, 0.4) is 0 Å². The summed E-state index contributed by atoms with van der Waals surface area (Å²) in [6, 6.07) is 8.00. The molecule has 1 atom stereocenters. The predicted octanol–water partition coefficient (Wildman–Crippen LogP) is 5.06. The Morgan fingerprint density at radius 3 is 2.45 bits per heavy atom. The number of hydrogen-bond acceptors (Lipinski definition) is 7. The highest BCUT2D eigenvalue weighted by atomic mass is 16.5. The molecule has 228 valence electrons. The topological polar surface area (TPSA) is 117 Å². The second-order valence-corrected chi connectivity index (χ2v) is 10.4. The van der Waals surface area contributed by atoms with Gasteiger partial charge in [-0.2, -0.15) is 5.10 Å². The van der Waals surface area contributed by atoms with Crippen LogP contribution in [0.1, 0.15) is 72.5 Å². The van der Waals surface area contributed by atoms with E-state index in [0.717, 1.165) is 71.9 Å². The Morgan fingerprint density at radius 1 is 1.17 bits per heavy atom. The van der Waals surface area contributed by atoms with Gasteiger partial charge in [0.05, 0.1) is 37.1 Å². The van der Waals surface area contributed by atoms with Gasteiger partial charge in [0.2, 0.25) is 0 Å². The third-order valence-corrected chi connectivity index (χ3v) is 7.51. The molecule has 3 N–H and O–H groups in total. The molecule has 0 radical (unpaired) electrons. The van der Waals surface area contributed by atoms with Gasteiger partial charge in [-0.25, -0.2) is 0 Å². The average molecular weight is 579 g/mol. The van der Waals surface area contributed by atoms with E-state index < -0.39 is 0 Å². The van der Waals surface area contributed by atoms with Crippen LogP contribution in [-0.2, 0) is 11.3 Å². The number of aromatic nitrogens is 4. The highest BCUT2D eigenvalue weighted by Crippen LogP contribution is 2.32. The van der Waals surface area contributed by atoms with Gasteiger partial charge in [-0.05, 0) is 57.6 Å². The van der Waals surface area contributed by atoms with Gasteiger partial charge in [0, 0.05) is 60.6 Å². The van der Waals surface area contributed by atoms with Crippen LogP contribution in [0.15, 0.2) is 41.5 Å². The number of pyridine rings is 2. The maximum Gasteiger partial charge on any atom is 0.256 e. The highest BCUT2D eigenvalue weighted by Gasteiger charge is 2.24. The minimum atomic E-state index is -0.0915. The summed E-state index contributed by atoms with van der Waals surface area (Å²) in [7, 11) is 3.35. The Hall–Kier alpha value is -3.73. The lowest BCUT2D eigenvalue weighted by atomic mass is 10.0. The molecule has 42 heavy (non-hydrogen) atoms. The van der Waals surface area contributed by atoms with E-state index in [0.29, 0.717) is 17.9 Å². The van der Waals surface area contributed by atoms with E-state index in [-0.39, 0.29) is 11.6 Å². The quantitative estimate of drug-likeness (QED) is 0.250. The summed E-state index contributed by atoms with van der Waals surface area (Å²) >= 11 is 0. The fourth-order valence-corrected chi connectivity index (χ4v) is 5.01. The van der Waals surface area contributed by atoms with Crippen molar-refractivity contribution in [3.63, 3.8) is 0 Å². The van der Waals surface area contributed by atoms with Crippen LogP contribution in [0, 0.1) is 13.8 Å². The van der Waals surface area contributed by atoms with E-state index in [2.05, 4.69) is 62.8 Å². The molecular weight excluding hydrogens is 532 g/mol. The van der Waals surface area contributed by atoms with Gasteiger partial charge in [-0.15, -0.1) is 0 Å². The first-order valence-corrected chi connectivity index (χ1v) is 14.6. The monoisotopic (exact) mass is 578 g/mol. The second kappa shape index (κ2) is 16.1. The number of fused-ring (bicyclic) bond motifs is 1. The third-order valence-electron chi connectivity index (χ3n) is 7.51. The molecule has 0 aromatic carbocycles. The SMILES string of the molecule is CCCC.CNCc1c(OC)cc(C)[nH]c1=O.Cc1c(C=O)cc2c(-c3ccn[nH]3)ccn2c1C(C)N1CCOCC1. The van der Waals surface area contributed by atoms with Crippen molar-refractivity contribution in [3.8, 4) is 17.0 Å². The van der Waals surface area contributed by atoms with Crippen molar-refractivity contribution in [2.24, 2.45) is 0 Å². The van der Waals surface area contributed by atoms with Crippen LogP contribution in [0.25, 0.3) is 16.8 Å². The Bertz CT molecular complexity index is 1470. The van der Waals surface area contributed by atoms with E-state index in [4.69, 9.17) is 9.47 Å². The number of methoxy groups -OCH3 is 1. The number of carbonyl (C=O) groups is 1. The average Bonchev–Trinajstić information content (AvgIpc) is 3.69. The maximum absolute atomic E-state index is 11.7. The van der Waals surface area contributed by atoms with Crippen molar-refractivity contribution in [1.29, 1.82) is 0 Å². The lowest BCUT2D eigenvalue weighted by Gasteiger charge is -2.34. The van der Waals surface area contributed by atoms with Crippen LogP contribution >= 0.6 is 0 Å².